The topological polar surface area (TPSA) is 57.6 Å². The lowest BCUT2D eigenvalue weighted by atomic mass is 9.82. The van der Waals surface area contributed by atoms with Gasteiger partial charge in [0.15, 0.2) is 0 Å². The number of amides is 1. The maximum atomic E-state index is 12.9. The Morgan fingerprint density at radius 2 is 1.90 bits per heavy atom. The summed E-state index contributed by atoms with van der Waals surface area (Å²) in [5.41, 5.74) is 0.731. The highest BCUT2D eigenvalue weighted by Gasteiger charge is 2.22. The van der Waals surface area contributed by atoms with Gasteiger partial charge in [-0.15, -0.1) is 0 Å². The van der Waals surface area contributed by atoms with Gasteiger partial charge in [0, 0.05) is 13.0 Å². The molecule has 0 aliphatic heterocycles. The number of rotatable bonds is 7. The smallest absolute Gasteiger partial charge is 0.323 e. The number of carboxylic acids is 1. The van der Waals surface area contributed by atoms with E-state index in [1.807, 2.05) is 0 Å². The van der Waals surface area contributed by atoms with Crippen LogP contribution in [-0.2, 0) is 16.1 Å². The Balaban J connectivity index is 1.93. The third kappa shape index (κ3) is 4.85. The van der Waals surface area contributed by atoms with Gasteiger partial charge in [0.2, 0.25) is 5.91 Å². The first-order chi connectivity index (χ1) is 10.0. The van der Waals surface area contributed by atoms with Gasteiger partial charge >= 0.3 is 5.97 Å². The average molecular weight is 293 g/mol. The van der Waals surface area contributed by atoms with Crippen molar-refractivity contribution in [3.8, 4) is 0 Å². The van der Waals surface area contributed by atoms with Gasteiger partial charge in [0.05, 0.1) is 0 Å². The van der Waals surface area contributed by atoms with Crippen molar-refractivity contribution < 1.29 is 19.1 Å². The van der Waals surface area contributed by atoms with E-state index in [-0.39, 0.29) is 24.8 Å². The summed E-state index contributed by atoms with van der Waals surface area (Å²) >= 11 is 0. The van der Waals surface area contributed by atoms with Crippen molar-refractivity contribution in [3.05, 3.63) is 35.6 Å². The van der Waals surface area contributed by atoms with Gasteiger partial charge in [-0.1, -0.05) is 31.4 Å². The van der Waals surface area contributed by atoms with Crippen LogP contribution in [0.1, 0.15) is 37.7 Å². The monoisotopic (exact) mass is 293 g/mol. The van der Waals surface area contributed by atoms with Crippen LogP contribution in [0.5, 0.6) is 0 Å². The van der Waals surface area contributed by atoms with Gasteiger partial charge in [-0.2, -0.15) is 0 Å². The van der Waals surface area contributed by atoms with Gasteiger partial charge in [0.1, 0.15) is 12.4 Å². The molecule has 5 heteroatoms. The summed E-state index contributed by atoms with van der Waals surface area (Å²) in [6.07, 6.45) is 4.79. The minimum atomic E-state index is -1.03. The molecule has 4 nitrogen and oxygen atoms in total. The molecule has 1 aliphatic carbocycles. The molecule has 1 aromatic rings. The zero-order valence-electron chi connectivity index (χ0n) is 11.9. The fourth-order valence-corrected chi connectivity index (χ4v) is 2.47. The third-order valence-corrected chi connectivity index (χ3v) is 3.96. The fourth-order valence-electron chi connectivity index (χ4n) is 2.47. The molecule has 0 atom stereocenters. The summed E-state index contributed by atoms with van der Waals surface area (Å²) in [4.78, 5) is 24.4. The lowest BCUT2D eigenvalue weighted by Gasteiger charge is -2.27. The Hall–Kier alpha value is -1.91. The molecule has 0 spiro atoms. The normalized spacial score (nSPS) is 14.5. The second-order valence-corrected chi connectivity index (χ2v) is 5.61. The van der Waals surface area contributed by atoms with Gasteiger partial charge in [-0.3, -0.25) is 9.59 Å². The van der Waals surface area contributed by atoms with E-state index in [0.717, 1.165) is 12.0 Å². The van der Waals surface area contributed by atoms with Crippen LogP contribution in [0, 0.1) is 11.7 Å². The molecule has 1 fully saturated rings. The Morgan fingerprint density at radius 1 is 1.24 bits per heavy atom. The van der Waals surface area contributed by atoms with Gasteiger partial charge in [-0.05, 0) is 30.0 Å². The average Bonchev–Trinajstić information content (AvgIpc) is 2.38. The summed E-state index contributed by atoms with van der Waals surface area (Å²) in [6.45, 7) is -0.114. The van der Waals surface area contributed by atoms with E-state index in [9.17, 15) is 14.0 Å². The van der Waals surface area contributed by atoms with E-state index in [1.54, 1.807) is 12.1 Å². The van der Waals surface area contributed by atoms with Gasteiger partial charge < -0.3 is 10.0 Å². The SMILES string of the molecule is O=C(O)CN(Cc1ccc(F)cc1)C(=O)CCC1CCC1. The standard InChI is InChI=1S/C16H20FNO3/c17-14-7-4-13(5-8-14)10-18(11-16(20)21)15(19)9-6-12-2-1-3-12/h4-5,7-8,12H,1-3,6,9-11H2,(H,20,21). The molecule has 0 unspecified atom stereocenters. The molecular formula is C16H20FNO3. The van der Waals surface area contributed by atoms with E-state index in [4.69, 9.17) is 5.11 Å². The maximum Gasteiger partial charge on any atom is 0.323 e. The van der Waals surface area contributed by atoms with Crippen LogP contribution < -0.4 is 0 Å². The van der Waals surface area contributed by atoms with Crippen molar-refractivity contribution in [1.29, 1.82) is 0 Å². The van der Waals surface area contributed by atoms with Crippen molar-refractivity contribution in [2.75, 3.05) is 6.54 Å². The zero-order valence-corrected chi connectivity index (χ0v) is 11.9. The molecule has 0 saturated heterocycles. The second kappa shape index (κ2) is 7.20. The first kappa shape index (κ1) is 15.5. The fraction of sp³-hybridized carbons (Fsp3) is 0.500. The minimum absolute atomic E-state index is 0.145. The number of hydrogen-bond acceptors (Lipinski definition) is 2. The van der Waals surface area contributed by atoms with Crippen LogP contribution >= 0.6 is 0 Å². The Kier molecular flexibility index (Phi) is 5.31. The number of hydrogen-bond donors (Lipinski definition) is 1. The molecule has 1 aliphatic rings. The minimum Gasteiger partial charge on any atom is -0.480 e. The quantitative estimate of drug-likeness (QED) is 0.841. The van der Waals surface area contributed by atoms with E-state index in [0.29, 0.717) is 12.3 Å². The number of benzene rings is 1. The van der Waals surface area contributed by atoms with Crippen LogP contribution in [0.4, 0.5) is 4.39 Å². The number of halogens is 1. The number of nitrogens with zero attached hydrogens (tertiary/aromatic N) is 1. The molecule has 114 valence electrons. The highest BCUT2D eigenvalue weighted by atomic mass is 19.1. The number of carboxylic acid groups (broad SMARTS) is 1. The molecule has 1 aromatic carbocycles. The van der Waals surface area contributed by atoms with E-state index < -0.39 is 5.97 Å². The first-order valence-electron chi connectivity index (χ1n) is 7.28. The van der Waals surface area contributed by atoms with Crippen molar-refractivity contribution in [2.24, 2.45) is 5.92 Å². The Bertz CT molecular complexity index is 497. The molecule has 0 radical (unpaired) electrons. The first-order valence-corrected chi connectivity index (χ1v) is 7.28. The maximum absolute atomic E-state index is 12.9. The van der Waals surface area contributed by atoms with Crippen LogP contribution in [-0.4, -0.2) is 28.4 Å². The Labute approximate surface area is 123 Å². The van der Waals surface area contributed by atoms with Crippen molar-refractivity contribution in [2.45, 2.75) is 38.6 Å². The van der Waals surface area contributed by atoms with Gasteiger partial charge in [0.25, 0.3) is 0 Å². The summed E-state index contributed by atoms with van der Waals surface area (Å²) in [6, 6.07) is 5.77. The van der Waals surface area contributed by atoms with Crippen molar-refractivity contribution in [1.82, 2.24) is 4.90 Å². The van der Waals surface area contributed by atoms with E-state index >= 15 is 0 Å². The van der Waals surface area contributed by atoms with Crippen molar-refractivity contribution in [3.63, 3.8) is 0 Å². The lowest BCUT2D eigenvalue weighted by Crippen LogP contribution is -2.35. The highest BCUT2D eigenvalue weighted by molar-refractivity contribution is 5.81. The van der Waals surface area contributed by atoms with E-state index in [2.05, 4.69) is 0 Å². The van der Waals surface area contributed by atoms with Crippen molar-refractivity contribution >= 4 is 11.9 Å². The number of carbonyl (C=O) groups is 2. The van der Waals surface area contributed by atoms with Crippen LogP contribution in [0.25, 0.3) is 0 Å². The molecule has 0 bridgehead atoms. The molecule has 21 heavy (non-hydrogen) atoms. The van der Waals surface area contributed by atoms with E-state index in [1.165, 1.54) is 36.3 Å². The summed E-state index contributed by atoms with van der Waals surface area (Å²) in [7, 11) is 0. The molecule has 1 saturated carbocycles. The largest absolute Gasteiger partial charge is 0.480 e. The second-order valence-electron chi connectivity index (χ2n) is 5.61. The molecule has 1 amide bonds. The Morgan fingerprint density at radius 3 is 2.43 bits per heavy atom. The molecule has 0 heterocycles. The molecular weight excluding hydrogens is 273 g/mol. The number of carbonyl (C=O) groups excluding carboxylic acids is 1. The summed E-state index contributed by atoms with van der Waals surface area (Å²) in [5, 5.41) is 8.94. The molecule has 2 rings (SSSR count). The summed E-state index contributed by atoms with van der Waals surface area (Å²) in [5.74, 6) is -0.908. The van der Waals surface area contributed by atoms with Crippen LogP contribution in [0.2, 0.25) is 0 Å². The predicted octanol–water partition coefficient (Wildman–Crippen LogP) is 2.82. The van der Waals surface area contributed by atoms with Crippen LogP contribution in [0.15, 0.2) is 24.3 Å². The van der Waals surface area contributed by atoms with Gasteiger partial charge in [-0.25, -0.2) is 4.39 Å². The summed E-state index contributed by atoms with van der Waals surface area (Å²) < 4.78 is 12.9. The lowest BCUT2D eigenvalue weighted by molar-refractivity contribution is -0.145. The molecule has 0 aromatic heterocycles. The third-order valence-electron chi connectivity index (χ3n) is 3.96. The molecule has 1 N–H and O–H groups in total. The van der Waals surface area contributed by atoms with Crippen LogP contribution in [0.3, 0.4) is 0 Å². The number of aliphatic carboxylic acids is 1. The zero-order chi connectivity index (χ0) is 15.2. The predicted molar refractivity (Wildman–Crippen MR) is 76.0 cm³/mol. The highest BCUT2D eigenvalue weighted by Crippen LogP contribution is 2.30.